The van der Waals surface area contributed by atoms with Crippen molar-refractivity contribution in [3.05, 3.63) is 35.6 Å². The second-order valence-corrected chi connectivity index (χ2v) is 3.89. The summed E-state index contributed by atoms with van der Waals surface area (Å²) in [4.78, 5) is 12.8. The van der Waals surface area contributed by atoms with Gasteiger partial charge in [0.2, 0.25) is 5.91 Å². The number of hydrogen-bond acceptors (Lipinski definition) is 2. The zero-order chi connectivity index (χ0) is 12.1. The van der Waals surface area contributed by atoms with E-state index >= 15 is 0 Å². The van der Waals surface area contributed by atoms with E-state index in [1.165, 1.54) is 29.2 Å². The van der Waals surface area contributed by atoms with Crippen molar-refractivity contribution < 1.29 is 14.3 Å². The Morgan fingerprint density at radius 1 is 1.38 bits per heavy atom. The number of rotatable bonds is 4. The maximum absolute atomic E-state index is 12.6. The lowest BCUT2D eigenvalue weighted by molar-refractivity contribution is -0.129. The lowest BCUT2D eigenvalue weighted by Gasteiger charge is -2.13. The molecule has 0 aliphatic heterocycles. The van der Waals surface area contributed by atoms with Gasteiger partial charge < -0.3 is 10.0 Å². The molecular weight excluding hydrogens is 209 g/mol. The Hall–Kier alpha value is -1.42. The zero-order valence-electron chi connectivity index (χ0n) is 9.48. The van der Waals surface area contributed by atoms with Gasteiger partial charge in [0, 0.05) is 20.5 Å². The predicted octanol–water partition coefficient (Wildman–Crippen LogP) is 1.73. The highest BCUT2D eigenvalue weighted by atomic mass is 19.1. The number of aliphatic hydroxyl groups excluding tert-OH is 1. The molecule has 1 amide bonds. The summed E-state index contributed by atoms with van der Waals surface area (Å²) < 4.78 is 12.6. The van der Waals surface area contributed by atoms with Gasteiger partial charge in [-0.15, -0.1) is 0 Å². The van der Waals surface area contributed by atoms with E-state index in [9.17, 15) is 14.3 Å². The Morgan fingerprint density at radius 3 is 2.44 bits per heavy atom. The number of hydrogen-bond donors (Lipinski definition) is 1. The van der Waals surface area contributed by atoms with E-state index in [-0.39, 0.29) is 18.1 Å². The summed E-state index contributed by atoms with van der Waals surface area (Å²) in [7, 11) is 3.35. The molecule has 1 atom stereocenters. The van der Waals surface area contributed by atoms with Crippen molar-refractivity contribution in [2.75, 3.05) is 14.1 Å². The highest BCUT2D eigenvalue weighted by Crippen LogP contribution is 2.18. The molecule has 1 aromatic carbocycles. The molecular formula is C12H16FNO2. The van der Waals surface area contributed by atoms with Crippen LogP contribution in [0.15, 0.2) is 24.3 Å². The van der Waals surface area contributed by atoms with E-state index in [1.54, 1.807) is 14.1 Å². The SMILES string of the molecule is CN(C)C(=O)CC[C@@H](O)c1ccc(F)cc1. The first-order chi connectivity index (χ1) is 7.50. The summed E-state index contributed by atoms with van der Waals surface area (Å²) in [5.74, 6) is -0.360. The molecule has 0 saturated carbocycles. The van der Waals surface area contributed by atoms with Crippen molar-refractivity contribution >= 4 is 5.91 Å². The molecule has 0 aliphatic rings. The minimum Gasteiger partial charge on any atom is -0.388 e. The third-order valence-corrected chi connectivity index (χ3v) is 2.39. The summed E-state index contributed by atoms with van der Waals surface area (Å²) in [5.41, 5.74) is 0.632. The highest BCUT2D eigenvalue weighted by molar-refractivity contribution is 5.75. The average molecular weight is 225 g/mol. The average Bonchev–Trinajstić information content (AvgIpc) is 2.26. The van der Waals surface area contributed by atoms with Crippen LogP contribution in [-0.4, -0.2) is 30.0 Å². The molecule has 1 rings (SSSR count). The van der Waals surface area contributed by atoms with Crippen LogP contribution in [0.2, 0.25) is 0 Å². The topological polar surface area (TPSA) is 40.5 Å². The Labute approximate surface area is 94.5 Å². The van der Waals surface area contributed by atoms with Gasteiger partial charge in [0.05, 0.1) is 6.10 Å². The van der Waals surface area contributed by atoms with E-state index in [4.69, 9.17) is 0 Å². The van der Waals surface area contributed by atoms with Crippen LogP contribution in [-0.2, 0) is 4.79 Å². The molecule has 1 N–H and O–H groups in total. The van der Waals surface area contributed by atoms with E-state index in [0.717, 1.165) is 0 Å². The van der Waals surface area contributed by atoms with E-state index < -0.39 is 6.10 Å². The molecule has 3 nitrogen and oxygen atoms in total. The van der Waals surface area contributed by atoms with Crippen molar-refractivity contribution in [3.8, 4) is 0 Å². The highest BCUT2D eigenvalue weighted by Gasteiger charge is 2.11. The minimum atomic E-state index is -0.718. The normalized spacial score (nSPS) is 12.2. The van der Waals surface area contributed by atoms with Crippen LogP contribution < -0.4 is 0 Å². The zero-order valence-corrected chi connectivity index (χ0v) is 9.48. The van der Waals surface area contributed by atoms with Crippen LogP contribution >= 0.6 is 0 Å². The Bertz CT molecular complexity index is 349. The summed E-state index contributed by atoms with van der Waals surface area (Å²) in [6.07, 6.45) is -0.0849. The van der Waals surface area contributed by atoms with E-state index in [2.05, 4.69) is 0 Å². The molecule has 0 aliphatic carbocycles. The van der Waals surface area contributed by atoms with Crippen LogP contribution in [0.3, 0.4) is 0 Å². The van der Waals surface area contributed by atoms with Crippen molar-refractivity contribution in [2.24, 2.45) is 0 Å². The molecule has 0 unspecified atom stereocenters. The first-order valence-electron chi connectivity index (χ1n) is 5.14. The lowest BCUT2D eigenvalue weighted by Crippen LogP contribution is -2.21. The quantitative estimate of drug-likeness (QED) is 0.847. The number of nitrogens with zero attached hydrogens (tertiary/aromatic N) is 1. The molecule has 1 aromatic rings. The number of halogens is 1. The second kappa shape index (κ2) is 5.61. The number of benzene rings is 1. The van der Waals surface area contributed by atoms with Crippen LogP contribution in [0, 0.1) is 5.82 Å². The number of carbonyl (C=O) groups is 1. The molecule has 0 spiro atoms. The number of amides is 1. The van der Waals surface area contributed by atoms with Gasteiger partial charge in [-0.25, -0.2) is 4.39 Å². The smallest absolute Gasteiger partial charge is 0.222 e. The van der Waals surface area contributed by atoms with Gasteiger partial charge in [0.25, 0.3) is 0 Å². The molecule has 0 aromatic heterocycles. The molecule has 88 valence electrons. The molecule has 16 heavy (non-hydrogen) atoms. The van der Waals surface area contributed by atoms with Crippen molar-refractivity contribution in [1.29, 1.82) is 0 Å². The van der Waals surface area contributed by atoms with Gasteiger partial charge in [-0.05, 0) is 24.1 Å². The van der Waals surface area contributed by atoms with E-state index in [1.807, 2.05) is 0 Å². The van der Waals surface area contributed by atoms with Crippen LogP contribution in [0.25, 0.3) is 0 Å². The predicted molar refractivity (Wildman–Crippen MR) is 59.3 cm³/mol. The van der Waals surface area contributed by atoms with Gasteiger partial charge in [-0.1, -0.05) is 12.1 Å². The van der Waals surface area contributed by atoms with Gasteiger partial charge in [0.1, 0.15) is 5.82 Å². The summed E-state index contributed by atoms with van der Waals surface area (Å²) >= 11 is 0. The van der Waals surface area contributed by atoms with Crippen molar-refractivity contribution in [3.63, 3.8) is 0 Å². The van der Waals surface area contributed by atoms with E-state index in [0.29, 0.717) is 12.0 Å². The molecule has 0 heterocycles. The van der Waals surface area contributed by atoms with Crippen LogP contribution in [0.4, 0.5) is 4.39 Å². The third kappa shape index (κ3) is 3.62. The molecule has 0 fully saturated rings. The number of aliphatic hydroxyl groups is 1. The molecule has 0 bridgehead atoms. The molecule has 0 radical (unpaired) electrons. The monoisotopic (exact) mass is 225 g/mol. The summed E-state index contributed by atoms with van der Waals surface area (Å²) in [5, 5.41) is 9.75. The maximum Gasteiger partial charge on any atom is 0.222 e. The fraction of sp³-hybridized carbons (Fsp3) is 0.417. The van der Waals surface area contributed by atoms with Crippen LogP contribution in [0.1, 0.15) is 24.5 Å². The Kier molecular flexibility index (Phi) is 4.43. The fourth-order valence-corrected chi connectivity index (χ4v) is 1.34. The molecule has 0 saturated heterocycles. The first kappa shape index (κ1) is 12.6. The second-order valence-electron chi connectivity index (χ2n) is 3.89. The first-order valence-corrected chi connectivity index (χ1v) is 5.14. The van der Waals surface area contributed by atoms with Crippen molar-refractivity contribution in [1.82, 2.24) is 4.90 Å². The fourth-order valence-electron chi connectivity index (χ4n) is 1.34. The number of carbonyl (C=O) groups excluding carboxylic acids is 1. The van der Waals surface area contributed by atoms with Gasteiger partial charge >= 0.3 is 0 Å². The van der Waals surface area contributed by atoms with Gasteiger partial charge in [-0.3, -0.25) is 4.79 Å². The standard InChI is InChI=1S/C12H16FNO2/c1-14(2)12(16)8-7-11(15)9-3-5-10(13)6-4-9/h3-6,11,15H,7-8H2,1-2H3/t11-/m1/s1. The maximum atomic E-state index is 12.6. The Morgan fingerprint density at radius 2 is 1.94 bits per heavy atom. The lowest BCUT2D eigenvalue weighted by atomic mass is 10.0. The Balaban J connectivity index is 2.49. The minimum absolute atomic E-state index is 0.0267. The van der Waals surface area contributed by atoms with Gasteiger partial charge in [-0.2, -0.15) is 0 Å². The summed E-state index contributed by atoms with van der Waals surface area (Å²) in [6.45, 7) is 0. The third-order valence-electron chi connectivity index (χ3n) is 2.39. The molecule has 4 heteroatoms. The van der Waals surface area contributed by atoms with Gasteiger partial charge in [0.15, 0.2) is 0 Å². The largest absolute Gasteiger partial charge is 0.388 e. The summed E-state index contributed by atoms with van der Waals surface area (Å²) in [6, 6.07) is 5.65. The van der Waals surface area contributed by atoms with Crippen LogP contribution in [0.5, 0.6) is 0 Å². The van der Waals surface area contributed by atoms with Crippen molar-refractivity contribution in [2.45, 2.75) is 18.9 Å².